The fourth-order valence-corrected chi connectivity index (χ4v) is 2.21. The monoisotopic (exact) mass is 242 g/mol. The fraction of sp³-hybridized carbons (Fsp3) is 0.294. The lowest BCUT2D eigenvalue weighted by Gasteiger charge is -2.13. The molecule has 0 nitrogen and oxygen atoms in total. The molecule has 0 radical (unpaired) electrons. The average Bonchev–Trinajstić information content (AvgIpc) is 2.33. The standard InChI is InChI=1S/C17H19F/c1-11(2)16-9-15(10-17(18)13(16)4)14-7-5-12(3)6-8-14/h5-11H,1-4H3. The molecule has 0 spiro atoms. The van der Waals surface area contributed by atoms with Gasteiger partial charge in [-0.3, -0.25) is 0 Å². The highest BCUT2D eigenvalue weighted by Crippen LogP contribution is 2.29. The van der Waals surface area contributed by atoms with Gasteiger partial charge in [-0.25, -0.2) is 4.39 Å². The van der Waals surface area contributed by atoms with Crippen LogP contribution in [-0.4, -0.2) is 0 Å². The number of aryl methyl sites for hydroxylation is 1. The Morgan fingerprint density at radius 3 is 2.06 bits per heavy atom. The predicted octanol–water partition coefficient (Wildman–Crippen LogP) is 5.23. The summed E-state index contributed by atoms with van der Waals surface area (Å²) in [6, 6.07) is 11.9. The van der Waals surface area contributed by atoms with E-state index in [9.17, 15) is 4.39 Å². The summed E-state index contributed by atoms with van der Waals surface area (Å²) >= 11 is 0. The third kappa shape index (κ3) is 2.45. The maximum atomic E-state index is 14.0. The summed E-state index contributed by atoms with van der Waals surface area (Å²) < 4.78 is 14.0. The summed E-state index contributed by atoms with van der Waals surface area (Å²) in [5.41, 5.74) is 5.10. The minimum Gasteiger partial charge on any atom is -0.207 e. The topological polar surface area (TPSA) is 0 Å². The number of hydrogen-bond acceptors (Lipinski definition) is 0. The largest absolute Gasteiger partial charge is 0.207 e. The maximum absolute atomic E-state index is 14.0. The van der Waals surface area contributed by atoms with Crippen molar-refractivity contribution < 1.29 is 4.39 Å². The van der Waals surface area contributed by atoms with E-state index in [4.69, 9.17) is 0 Å². The predicted molar refractivity (Wildman–Crippen MR) is 75.4 cm³/mol. The highest BCUT2D eigenvalue weighted by atomic mass is 19.1. The van der Waals surface area contributed by atoms with E-state index in [2.05, 4.69) is 39.0 Å². The van der Waals surface area contributed by atoms with E-state index in [1.54, 1.807) is 6.07 Å². The Kier molecular flexibility index (Phi) is 3.51. The Bertz CT molecular complexity index is 551. The van der Waals surface area contributed by atoms with Crippen molar-refractivity contribution in [1.82, 2.24) is 0 Å². The van der Waals surface area contributed by atoms with Gasteiger partial charge >= 0.3 is 0 Å². The van der Waals surface area contributed by atoms with Gasteiger partial charge in [0.05, 0.1) is 0 Å². The molecule has 94 valence electrons. The van der Waals surface area contributed by atoms with Crippen molar-refractivity contribution in [1.29, 1.82) is 0 Å². The van der Waals surface area contributed by atoms with Crippen LogP contribution in [0.2, 0.25) is 0 Å². The van der Waals surface area contributed by atoms with Crippen LogP contribution < -0.4 is 0 Å². The molecule has 0 bridgehead atoms. The van der Waals surface area contributed by atoms with Gasteiger partial charge in [-0.05, 0) is 48.1 Å². The Hall–Kier alpha value is -1.63. The molecule has 0 fully saturated rings. The second-order valence-electron chi connectivity index (χ2n) is 5.19. The van der Waals surface area contributed by atoms with E-state index in [0.717, 1.165) is 22.3 Å². The summed E-state index contributed by atoms with van der Waals surface area (Å²) in [6.07, 6.45) is 0. The van der Waals surface area contributed by atoms with Crippen LogP contribution in [0.4, 0.5) is 4.39 Å². The highest BCUT2D eigenvalue weighted by Gasteiger charge is 2.11. The molecule has 1 heteroatoms. The number of benzene rings is 2. The average molecular weight is 242 g/mol. The molecule has 0 heterocycles. The minimum absolute atomic E-state index is 0.114. The maximum Gasteiger partial charge on any atom is 0.127 e. The zero-order valence-electron chi connectivity index (χ0n) is 11.4. The van der Waals surface area contributed by atoms with Gasteiger partial charge in [0.1, 0.15) is 5.82 Å². The van der Waals surface area contributed by atoms with Crippen molar-refractivity contribution in [3.05, 3.63) is 58.9 Å². The highest BCUT2D eigenvalue weighted by molar-refractivity contribution is 5.65. The molecule has 0 amide bonds. The van der Waals surface area contributed by atoms with Crippen molar-refractivity contribution in [2.24, 2.45) is 0 Å². The van der Waals surface area contributed by atoms with Crippen LogP contribution in [0.15, 0.2) is 36.4 Å². The lowest BCUT2D eigenvalue weighted by molar-refractivity contribution is 0.613. The normalized spacial score (nSPS) is 11.0. The third-order valence-electron chi connectivity index (χ3n) is 3.39. The van der Waals surface area contributed by atoms with Gasteiger partial charge in [0.2, 0.25) is 0 Å². The zero-order chi connectivity index (χ0) is 13.3. The van der Waals surface area contributed by atoms with Gasteiger partial charge in [-0.15, -0.1) is 0 Å². The summed E-state index contributed by atoms with van der Waals surface area (Å²) in [5, 5.41) is 0. The number of halogens is 1. The molecular formula is C17H19F. The van der Waals surface area contributed by atoms with Crippen LogP contribution in [-0.2, 0) is 0 Å². The molecule has 18 heavy (non-hydrogen) atoms. The quantitative estimate of drug-likeness (QED) is 0.676. The van der Waals surface area contributed by atoms with E-state index in [0.29, 0.717) is 5.92 Å². The first-order valence-electron chi connectivity index (χ1n) is 6.36. The van der Waals surface area contributed by atoms with Crippen LogP contribution in [0.5, 0.6) is 0 Å². The van der Waals surface area contributed by atoms with Crippen molar-refractivity contribution in [3.63, 3.8) is 0 Å². The van der Waals surface area contributed by atoms with Crippen LogP contribution in [0.1, 0.15) is 36.5 Å². The van der Waals surface area contributed by atoms with Crippen molar-refractivity contribution in [3.8, 4) is 11.1 Å². The van der Waals surface area contributed by atoms with E-state index >= 15 is 0 Å². The second-order valence-corrected chi connectivity index (χ2v) is 5.19. The van der Waals surface area contributed by atoms with Crippen LogP contribution >= 0.6 is 0 Å². The van der Waals surface area contributed by atoms with Gasteiger partial charge in [-0.1, -0.05) is 49.7 Å². The van der Waals surface area contributed by atoms with Crippen LogP contribution in [0, 0.1) is 19.7 Å². The first kappa shape index (κ1) is 12.8. The first-order chi connectivity index (χ1) is 8.49. The van der Waals surface area contributed by atoms with Crippen molar-refractivity contribution in [2.45, 2.75) is 33.6 Å². The zero-order valence-corrected chi connectivity index (χ0v) is 11.4. The summed E-state index contributed by atoms with van der Waals surface area (Å²) in [7, 11) is 0. The molecular weight excluding hydrogens is 223 g/mol. The van der Waals surface area contributed by atoms with E-state index in [-0.39, 0.29) is 5.82 Å². The van der Waals surface area contributed by atoms with E-state index < -0.39 is 0 Å². The number of hydrogen-bond donors (Lipinski definition) is 0. The Morgan fingerprint density at radius 1 is 0.889 bits per heavy atom. The molecule has 2 aromatic carbocycles. The van der Waals surface area contributed by atoms with Gasteiger partial charge in [-0.2, -0.15) is 0 Å². The first-order valence-corrected chi connectivity index (χ1v) is 6.36. The Labute approximate surface area is 108 Å². The molecule has 0 aliphatic rings. The lowest BCUT2D eigenvalue weighted by atomic mass is 9.93. The van der Waals surface area contributed by atoms with E-state index in [1.807, 2.05) is 19.1 Å². The second kappa shape index (κ2) is 4.93. The van der Waals surface area contributed by atoms with Gasteiger partial charge in [0.25, 0.3) is 0 Å². The molecule has 0 atom stereocenters. The molecule has 0 unspecified atom stereocenters. The Balaban J connectivity index is 2.55. The summed E-state index contributed by atoms with van der Waals surface area (Å²) in [5.74, 6) is 0.224. The lowest BCUT2D eigenvalue weighted by Crippen LogP contribution is -1.96. The van der Waals surface area contributed by atoms with Crippen molar-refractivity contribution >= 4 is 0 Å². The minimum atomic E-state index is -0.114. The van der Waals surface area contributed by atoms with E-state index in [1.165, 1.54) is 5.56 Å². The SMILES string of the molecule is Cc1ccc(-c2cc(F)c(C)c(C(C)C)c2)cc1. The fourth-order valence-electron chi connectivity index (χ4n) is 2.21. The van der Waals surface area contributed by atoms with Gasteiger partial charge in [0.15, 0.2) is 0 Å². The molecule has 2 rings (SSSR count). The van der Waals surface area contributed by atoms with Gasteiger partial charge in [0, 0.05) is 0 Å². The van der Waals surface area contributed by atoms with Crippen LogP contribution in [0.25, 0.3) is 11.1 Å². The molecule has 0 aromatic heterocycles. The van der Waals surface area contributed by atoms with Crippen molar-refractivity contribution in [2.75, 3.05) is 0 Å². The Morgan fingerprint density at radius 2 is 1.50 bits per heavy atom. The smallest absolute Gasteiger partial charge is 0.127 e. The molecule has 2 aromatic rings. The molecule has 0 aliphatic carbocycles. The molecule has 0 saturated heterocycles. The summed E-state index contributed by atoms with van der Waals surface area (Å²) in [4.78, 5) is 0. The summed E-state index contributed by atoms with van der Waals surface area (Å²) in [6.45, 7) is 8.10. The van der Waals surface area contributed by atoms with Crippen LogP contribution in [0.3, 0.4) is 0 Å². The molecule has 0 aliphatic heterocycles. The molecule has 0 N–H and O–H groups in total. The third-order valence-corrected chi connectivity index (χ3v) is 3.39. The van der Waals surface area contributed by atoms with Gasteiger partial charge < -0.3 is 0 Å². The number of rotatable bonds is 2. The molecule has 0 saturated carbocycles.